The summed E-state index contributed by atoms with van der Waals surface area (Å²) in [5, 5.41) is 6.17. The Morgan fingerprint density at radius 3 is 2.50 bits per heavy atom. The van der Waals surface area contributed by atoms with E-state index < -0.39 is 0 Å². The number of amides is 1. The van der Waals surface area contributed by atoms with Crippen molar-refractivity contribution in [2.24, 2.45) is 0 Å². The summed E-state index contributed by atoms with van der Waals surface area (Å²) < 4.78 is 0. The first-order chi connectivity index (χ1) is 7.63. The Morgan fingerprint density at radius 2 is 1.94 bits per heavy atom. The van der Waals surface area contributed by atoms with Gasteiger partial charge in [0.25, 0.3) is 0 Å². The molecule has 2 unspecified atom stereocenters. The standard InChI is InChI=1S/C12H25N3O/c1-4-13-12(16)11(3)14-10(2)9-15-7-5-6-8-15/h10-11,14H,4-9H2,1-3H3,(H,13,16). The molecule has 94 valence electrons. The van der Waals surface area contributed by atoms with Crippen LogP contribution < -0.4 is 10.6 Å². The molecular weight excluding hydrogens is 202 g/mol. The van der Waals surface area contributed by atoms with Gasteiger partial charge in [-0.3, -0.25) is 4.79 Å². The number of likely N-dealkylation sites (N-methyl/N-ethyl adjacent to an activating group) is 1. The van der Waals surface area contributed by atoms with Crippen LogP contribution in [0.4, 0.5) is 0 Å². The normalized spacial score (nSPS) is 20.7. The second-order valence-corrected chi connectivity index (χ2v) is 4.69. The van der Waals surface area contributed by atoms with E-state index in [-0.39, 0.29) is 11.9 Å². The van der Waals surface area contributed by atoms with Crippen molar-refractivity contribution in [3.05, 3.63) is 0 Å². The highest BCUT2D eigenvalue weighted by molar-refractivity contribution is 5.81. The van der Waals surface area contributed by atoms with E-state index in [0.29, 0.717) is 12.6 Å². The Labute approximate surface area is 98.8 Å². The molecule has 1 rings (SSSR count). The number of likely N-dealkylation sites (tertiary alicyclic amines) is 1. The van der Waals surface area contributed by atoms with Gasteiger partial charge in [0.1, 0.15) is 0 Å². The molecule has 0 saturated carbocycles. The summed E-state index contributed by atoms with van der Waals surface area (Å²) >= 11 is 0. The van der Waals surface area contributed by atoms with Crippen LogP contribution in [0.3, 0.4) is 0 Å². The largest absolute Gasteiger partial charge is 0.355 e. The number of rotatable bonds is 6. The van der Waals surface area contributed by atoms with Gasteiger partial charge in [0.2, 0.25) is 5.91 Å². The van der Waals surface area contributed by atoms with Crippen LogP contribution in [0.15, 0.2) is 0 Å². The predicted molar refractivity (Wildman–Crippen MR) is 66.4 cm³/mol. The quantitative estimate of drug-likeness (QED) is 0.698. The molecule has 2 atom stereocenters. The predicted octanol–water partition coefficient (Wildman–Crippen LogP) is 0.585. The maximum Gasteiger partial charge on any atom is 0.236 e. The third-order valence-corrected chi connectivity index (χ3v) is 3.01. The fourth-order valence-corrected chi connectivity index (χ4v) is 2.23. The minimum Gasteiger partial charge on any atom is -0.355 e. The number of carbonyl (C=O) groups excluding carboxylic acids is 1. The third kappa shape index (κ3) is 4.49. The van der Waals surface area contributed by atoms with Gasteiger partial charge in [-0.15, -0.1) is 0 Å². The number of hydrogen-bond acceptors (Lipinski definition) is 3. The first kappa shape index (κ1) is 13.5. The molecule has 0 radical (unpaired) electrons. The van der Waals surface area contributed by atoms with Crippen LogP contribution in [-0.2, 0) is 4.79 Å². The second kappa shape index (κ2) is 6.86. The van der Waals surface area contributed by atoms with Crippen LogP contribution in [0.5, 0.6) is 0 Å². The molecule has 4 nitrogen and oxygen atoms in total. The minimum absolute atomic E-state index is 0.0933. The Kier molecular flexibility index (Phi) is 5.77. The Hall–Kier alpha value is -0.610. The van der Waals surface area contributed by atoms with E-state index in [1.807, 2.05) is 13.8 Å². The number of nitrogens with zero attached hydrogens (tertiary/aromatic N) is 1. The van der Waals surface area contributed by atoms with Crippen LogP contribution in [0, 0.1) is 0 Å². The van der Waals surface area contributed by atoms with Crippen molar-refractivity contribution in [3.63, 3.8) is 0 Å². The minimum atomic E-state index is -0.0995. The summed E-state index contributed by atoms with van der Waals surface area (Å²) in [7, 11) is 0. The van der Waals surface area contributed by atoms with Gasteiger partial charge in [0, 0.05) is 19.1 Å². The average molecular weight is 227 g/mol. The van der Waals surface area contributed by atoms with Crippen LogP contribution in [0.2, 0.25) is 0 Å². The first-order valence-corrected chi connectivity index (χ1v) is 6.39. The number of carbonyl (C=O) groups is 1. The smallest absolute Gasteiger partial charge is 0.236 e. The van der Waals surface area contributed by atoms with E-state index in [4.69, 9.17) is 0 Å². The summed E-state index contributed by atoms with van der Waals surface area (Å²) in [5.74, 6) is 0.0933. The van der Waals surface area contributed by atoms with Crippen molar-refractivity contribution in [2.75, 3.05) is 26.2 Å². The Bertz CT molecular complexity index is 214. The topological polar surface area (TPSA) is 44.4 Å². The molecule has 0 bridgehead atoms. The molecule has 1 heterocycles. The van der Waals surface area contributed by atoms with Crippen molar-refractivity contribution in [2.45, 2.75) is 45.7 Å². The van der Waals surface area contributed by atoms with Gasteiger partial charge in [-0.1, -0.05) is 0 Å². The van der Waals surface area contributed by atoms with Gasteiger partial charge in [0.15, 0.2) is 0 Å². The van der Waals surface area contributed by atoms with Crippen molar-refractivity contribution >= 4 is 5.91 Å². The highest BCUT2D eigenvalue weighted by Crippen LogP contribution is 2.07. The summed E-state index contributed by atoms with van der Waals surface area (Å²) in [4.78, 5) is 14.0. The summed E-state index contributed by atoms with van der Waals surface area (Å²) in [5.41, 5.74) is 0. The maximum absolute atomic E-state index is 11.5. The van der Waals surface area contributed by atoms with Crippen LogP contribution in [-0.4, -0.2) is 49.1 Å². The van der Waals surface area contributed by atoms with Crippen LogP contribution in [0.25, 0.3) is 0 Å². The van der Waals surface area contributed by atoms with E-state index in [2.05, 4.69) is 22.5 Å². The van der Waals surface area contributed by atoms with E-state index in [1.165, 1.54) is 25.9 Å². The van der Waals surface area contributed by atoms with Gasteiger partial charge in [-0.05, 0) is 46.7 Å². The van der Waals surface area contributed by atoms with Crippen LogP contribution in [0.1, 0.15) is 33.6 Å². The number of hydrogen-bond donors (Lipinski definition) is 2. The molecule has 2 N–H and O–H groups in total. The van der Waals surface area contributed by atoms with Gasteiger partial charge < -0.3 is 15.5 Å². The molecule has 1 aliphatic rings. The first-order valence-electron chi connectivity index (χ1n) is 6.39. The lowest BCUT2D eigenvalue weighted by Gasteiger charge is -2.24. The molecule has 0 aromatic heterocycles. The molecule has 1 amide bonds. The van der Waals surface area contributed by atoms with Crippen molar-refractivity contribution in [1.82, 2.24) is 15.5 Å². The Balaban J connectivity index is 2.21. The average Bonchev–Trinajstić information content (AvgIpc) is 2.70. The van der Waals surface area contributed by atoms with Gasteiger partial charge >= 0.3 is 0 Å². The molecule has 1 saturated heterocycles. The van der Waals surface area contributed by atoms with Crippen molar-refractivity contribution < 1.29 is 4.79 Å². The molecular formula is C12H25N3O. The highest BCUT2D eigenvalue weighted by Gasteiger charge is 2.18. The van der Waals surface area contributed by atoms with Crippen LogP contribution >= 0.6 is 0 Å². The zero-order valence-electron chi connectivity index (χ0n) is 10.8. The monoisotopic (exact) mass is 227 g/mol. The van der Waals surface area contributed by atoms with E-state index in [1.54, 1.807) is 0 Å². The molecule has 0 aromatic rings. The molecule has 1 fully saturated rings. The molecule has 4 heteroatoms. The maximum atomic E-state index is 11.5. The van der Waals surface area contributed by atoms with E-state index in [0.717, 1.165) is 6.54 Å². The molecule has 0 spiro atoms. The van der Waals surface area contributed by atoms with E-state index >= 15 is 0 Å². The second-order valence-electron chi connectivity index (χ2n) is 4.69. The Morgan fingerprint density at radius 1 is 1.31 bits per heavy atom. The van der Waals surface area contributed by atoms with Gasteiger partial charge in [0.05, 0.1) is 6.04 Å². The molecule has 1 aliphatic heterocycles. The molecule has 16 heavy (non-hydrogen) atoms. The highest BCUT2D eigenvalue weighted by atomic mass is 16.2. The number of nitrogens with one attached hydrogen (secondary N) is 2. The fraction of sp³-hybridized carbons (Fsp3) is 0.917. The zero-order valence-corrected chi connectivity index (χ0v) is 10.8. The van der Waals surface area contributed by atoms with Gasteiger partial charge in [-0.25, -0.2) is 0 Å². The lowest BCUT2D eigenvalue weighted by atomic mass is 10.2. The summed E-state index contributed by atoms with van der Waals surface area (Å²) in [6, 6.07) is 0.272. The third-order valence-electron chi connectivity index (χ3n) is 3.01. The van der Waals surface area contributed by atoms with Crippen molar-refractivity contribution in [3.8, 4) is 0 Å². The van der Waals surface area contributed by atoms with Crippen molar-refractivity contribution in [1.29, 1.82) is 0 Å². The lowest BCUT2D eigenvalue weighted by Crippen LogP contribution is -2.48. The summed E-state index contributed by atoms with van der Waals surface area (Å²) in [6.07, 6.45) is 2.64. The SMILES string of the molecule is CCNC(=O)C(C)NC(C)CN1CCCC1. The summed E-state index contributed by atoms with van der Waals surface area (Å²) in [6.45, 7) is 10.2. The van der Waals surface area contributed by atoms with Gasteiger partial charge in [-0.2, -0.15) is 0 Å². The van der Waals surface area contributed by atoms with E-state index in [9.17, 15) is 4.79 Å². The molecule has 0 aromatic carbocycles. The lowest BCUT2D eigenvalue weighted by molar-refractivity contribution is -0.122. The molecule has 0 aliphatic carbocycles. The zero-order chi connectivity index (χ0) is 12.0. The fourth-order valence-electron chi connectivity index (χ4n) is 2.23.